The first-order valence-corrected chi connectivity index (χ1v) is 6.32. The van der Waals surface area contributed by atoms with Gasteiger partial charge in [0.2, 0.25) is 5.75 Å². The van der Waals surface area contributed by atoms with Crippen LogP contribution in [0.2, 0.25) is 0 Å². The Balaban J connectivity index is 2.39. The molecule has 104 valence electrons. The molecular weight excluding hydrogens is 252 g/mol. The quantitative estimate of drug-likeness (QED) is 0.772. The molecule has 3 heteroatoms. The van der Waals surface area contributed by atoms with Crippen LogP contribution in [-0.4, -0.2) is 21.3 Å². The smallest absolute Gasteiger partial charge is 0.203 e. The molecule has 0 aliphatic carbocycles. The molecule has 2 aromatic carbocycles. The lowest BCUT2D eigenvalue weighted by Crippen LogP contribution is -1.96. The minimum Gasteiger partial charge on any atom is -0.493 e. The number of hydrogen-bond acceptors (Lipinski definition) is 3. The molecule has 0 unspecified atom stereocenters. The van der Waals surface area contributed by atoms with E-state index in [2.05, 4.69) is 0 Å². The molecule has 20 heavy (non-hydrogen) atoms. The van der Waals surface area contributed by atoms with Gasteiger partial charge in [-0.3, -0.25) is 0 Å². The Labute approximate surface area is 119 Å². The maximum Gasteiger partial charge on any atom is 0.203 e. The van der Waals surface area contributed by atoms with Crippen molar-refractivity contribution in [2.45, 2.75) is 0 Å². The van der Waals surface area contributed by atoms with Crippen molar-refractivity contribution in [2.75, 3.05) is 21.3 Å². The third kappa shape index (κ3) is 2.94. The van der Waals surface area contributed by atoms with Gasteiger partial charge in [-0.05, 0) is 17.7 Å². The molecule has 0 fully saturated rings. The minimum atomic E-state index is 0.602. The summed E-state index contributed by atoms with van der Waals surface area (Å²) in [6.07, 6.45) is 4.03. The van der Waals surface area contributed by atoms with E-state index in [0.717, 1.165) is 11.1 Å². The van der Waals surface area contributed by atoms with Crippen LogP contribution < -0.4 is 14.2 Å². The van der Waals surface area contributed by atoms with E-state index < -0.39 is 0 Å². The van der Waals surface area contributed by atoms with Gasteiger partial charge in [0.25, 0.3) is 0 Å². The van der Waals surface area contributed by atoms with Gasteiger partial charge in [-0.2, -0.15) is 0 Å². The van der Waals surface area contributed by atoms with E-state index in [9.17, 15) is 0 Å². The summed E-state index contributed by atoms with van der Waals surface area (Å²) < 4.78 is 16.1. The van der Waals surface area contributed by atoms with Gasteiger partial charge in [-0.1, -0.05) is 42.5 Å². The Kier molecular flexibility index (Phi) is 4.66. The molecule has 2 rings (SSSR count). The van der Waals surface area contributed by atoms with Crippen LogP contribution in [-0.2, 0) is 0 Å². The number of ether oxygens (including phenoxy) is 3. The zero-order valence-electron chi connectivity index (χ0n) is 11.9. The summed E-state index contributed by atoms with van der Waals surface area (Å²) >= 11 is 0. The molecule has 0 N–H and O–H groups in total. The summed E-state index contributed by atoms with van der Waals surface area (Å²) in [6.45, 7) is 0. The number of methoxy groups -OCH3 is 3. The Morgan fingerprint density at radius 3 is 2.00 bits per heavy atom. The average Bonchev–Trinajstić information content (AvgIpc) is 2.52. The van der Waals surface area contributed by atoms with Crippen LogP contribution in [0.15, 0.2) is 42.5 Å². The summed E-state index contributed by atoms with van der Waals surface area (Å²) in [6, 6.07) is 13.9. The third-order valence-electron chi connectivity index (χ3n) is 2.99. The van der Waals surface area contributed by atoms with Gasteiger partial charge in [0.15, 0.2) is 11.5 Å². The molecule has 0 spiro atoms. The van der Waals surface area contributed by atoms with Crippen molar-refractivity contribution in [1.82, 2.24) is 0 Å². The Bertz CT molecular complexity index is 589. The van der Waals surface area contributed by atoms with Crippen LogP contribution in [0.25, 0.3) is 12.2 Å². The highest BCUT2D eigenvalue weighted by atomic mass is 16.5. The molecule has 0 heterocycles. The van der Waals surface area contributed by atoms with Gasteiger partial charge in [0, 0.05) is 5.56 Å². The van der Waals surface area contributed by atoms with E-state index in [0.29, 0.717) is 17.2 Å². The Hall–Kier alpha value is -2.42. The molecule has 0 saturated heterocycles. The van der Waals surface area contributed by atoms with Crippen LogP contribution in [0.4, 0.5) is 0 Å². The number of benzene rings is 2. The minimum absolute atomic E-state index is 0.602. The Morgan fingerprint density at radius 1 is 0.700 bits per heavy atom. The highest BCUT2D eigenvalue weighted by Crippen LogP contribution is 2.40. The predicted octanol–water partition coefficient (Wildman–Crippen LogP) is 3.88. The summed E-state index contributed by atoms with van der Waals surface area (Å²) in [5.74, 6) is 1.92. The lowest BCUT2D eigenvalue weighted by molar-refractivity contribution is 0.324. The van der Waals surface area contributed by atoms with Crippen molar-refractivity contribution in [3.8, 4) is 17.2 Å². The zero-order chi connectivity index (χ0) is 14.4. The fourth-order valence-corrected chi connectivity index (χ4v) is 2.01. The first-order chi connectivity index (χ1) is 9.80. The molecular formula is C17H18O3. The molecule has 0 aliphatic rings. The standard InChI is InChI=1S/C17H18O3/c1-18-15-12-11-14(16(19-2)17(15)20-3)10-9-13-7-5-4-6-8-13/h4-12H,1-3H3/b10-9+. The fourth-order valence-electron chi connectivity index (χ4n) is 2.01. The molecule has 0 bridgehead atoms. The van der Waals surface area contributed by atoms with Crippen LogP contribution in [0, 0.1) is 0 Å². The second kappa shape index (κ2) is 6.66. The molecule has 0 atom stereocenters. The largest absolute Gasteiger partial charge is 0.493 e. The molecule has 0 aliphatic heterocycles. The van der Waals surface area contributed by atoms with E-state index in [4.69, 9.17) is 14.2 Å². The van der Waals surface area contributed by atoms with Crippen LogP contribution in [0.3, 0.4) is 0 Å². The van der Waals surface area contributed by atoms with E-state index in [1.807, 2.05) is 54.6 Å². The fraction of sp³-hybridized carbons (Fsp3) is 0.176. The van der Waals surface area contributed by atoms with Gasteiger partial charge >= 0.3 is 0 Å². The predicted molar refractivity (Wildman–Crippen MR) is 81.5 cm³/mol. The Morgan fingerprint density at radius 2 is 1.40 bits per heavy atom. The maximum atomic E-state index is 5.44. The molecule has 0 saturated carbocycles. The lowest BCUT2D eigenvalue weighted by Gasteiger charge is -2.13. The number of hydrogen-bond donors (Lipinski definition) is 0. The van der Waals surface area contributed by atoms with Gasteiger partial charge < -0.3 is 14.2 Å². The van der Waals surface area contributed by atoms with Crippen molar-refractivity contribution in [3.63, 3.8) is 0 Å². The van der Waals surface area contributed by atoms with E-state index in [1.54, 1.807) is 21.3 Å². The van der Waals surface area contributed by atoms with E-state index in [1.165, 1.54) is 0 Å². The topological polar surface area (TPSA) is 27.7 Å². The molecule has 0 amide bonds. The average molecular weight is 270 g/mol. The molecule has 0 radical (unpaired) electrons. The lowest BCUT2D eigenvalue weighted by atomic mass is 10.1. The SMILES string of the molecule is COc1ccc(/C=C/c2ccccc2)c(OC)c1OC. The highest BCUT2D eigenvalue weighted by Gasteiger charge is 2.13. The summed E-state index contributed by atoms with van der Waals surface area (Å²) in [7, 11) is 4.83. The number of rotatable bonds is 5. The first-order valence-electron chi connectivity index (χ1n) is 6.32. The van der Waals surface area contributed by atoms with Crippen LogP contribution in [0.1, 0.15) is 11.1 Å². The van der Waals surface area contributed by atoms with Crippen LogP contribution in [0.5, 0.6) is 17.2 Å². The second-order valence-corrected chi connectivity index (χ2v) is 4.17. The van der Waals surface area contributed by atoms with Crippen molar-refractivity contribution >= 4 is 12.2 Å². The zero-order valence-corrected chi connectivity index (χ0v) is 11.9. The second-order valence-electron chi connectivity index (χ2n) is 4.17. The van der Waals surface area contributed by atoms with Gasteiger partial charge in [0.05, 0.1) is 21.3 Å². The normalized spacial score (nSPS) is 10.6. The van der Waals surface area contributed by atoms with Gasteiger partial charge in [0.1, 0.15) is 0 Å². The summed E-state index contributed by atoms with van der Waals surface area (Å²) in [4.78, 5) is 0. The first kappa shape index (κ1) is 14.0. The van der Waals surface area contributed by atoms with Crippen molar-refractivity contribution in [3.05, 3.63) is 53.6 Å². The van der Waals surface area contributed by atoms with Gasteiger partial charge in [-0.15, -0.1) is 0 Å². The maximum absolute atomic E-state index is 5.44. The molecule has 3 nitrogen and oxygen atoms in total. The van der Waals surface area contributed by atoms with Crippen LogP contribution >= 0.6 is 0 Å². The van der Waals surface area contributed by atoms with E-state index >= 15 is 0 Å². The van der Waals surface area contributed by atoms with Crippen molar-refractivity contribution in [1.29, 1.82) is 0 Å². The van der Waals surface area contributed by atoms with E-state index in [-0.39, 0.29) is 0 Å². The summed E-state index contributed by atoms with van der Waals surface area (Å²) in [5, 5.41) is 0. The molecule has 0 aromatic heterocycles. The van der Waals surface area contributed by atoms with Crippen molar-refractivity contribution < 1.29 is 14.2 Å². The highest BCUT2D eigenvalue weighted by molar-refractivity contribution is 5.75. The third-order valence-corrected chi connectivity index (χ3v) is 2.99. The monoisotopic (exact) mass is 270 g/mol. The van der Waals surface area contributed by atoms with Gasteiger partial charge in [-0.25, -0.2) is 0 Å². The van der Waals surface area contributed by atoms with Crippen molar-refractivity contribution in [2.24, 2.45) is 0 Å². The molecule has 2 aromatic rings. The summed E-state index contributed by atoms with van der Waals surface area (Å²) in [5.41, 5.74) is 2.07.